The monoisotopic (exact) mass is 534 g/mol. The topological polar surface area (TPSA) is 87.4 Å². The van der Waals surface area contributed by atoms with Crippen LogP contribution in [0.5, 0.6) is 0 Å². The minimum Gasteiger partial charge on any atom is -0.369 e. The van der Waals surface area contributed by atoms with E-state index >= 15 is 4.39 Å². The van der Waals surface area contributed by atoms with Crippen LogP contribution in [0.15, 0.2) is 24.5 Å². The number of carbonyl (C=O) groups excluding carboxylic acids is 1. The average molecular weight is 534 g/mol. The van der Waals surface area contributed by atoms with Crippen molar-refractivity contribution >= 4 is 17.5 Å². The minimum atomic E-state index is -4.71. The number of alkyl halides is 5. The van der Waals surface area contributed by atoms with Gasteiger partial charge in [0.25, 0.3) is 5.92 Å². The first kappa shape index (κ1) is 26.9. The molecule has 1 aromatic heterocycles. The van der Waals surface area contributed by atoms with Crippen LogP contribution >= 0.6 is 0 Å². The van der Waals surface area contributed by atoms with Gasteiger partial charge in [-0.25, -0.2) is 23.1 Å². The molecule has 37 heavy (non-hydrogen) atoms. The summed E-state index contributed by atoms with van der Waals surface area (Å²) >= 11 is 0. The Bertz CT molecular complexity index is 1150. The van der Waals surface area contributed by atoms with E-state index in [1.54, 1.807) is 0 Å². The van der Waals surface area contributed by atoms with E-state index in [2.05, 4.69) is 15.3 Å². The summed E-state index contributed by atoms with van der Waals surface area (Å²) in [6.45, 7) is -0.767. The number of likely N-dealkylation sites (tertiary alicyclic amines) is 1. The molecule has 0 aliphatic carbocycles. The van der Waals surface area contributed by atoms with Crippen molar-refractivity contribution in [2.45, 2.75) is 37.4 Å². The predicted molar refractivity (Wildman–Crippen MR) is 120 cm³/mol. The molecular formula is C23H25F7N6O. The van der Waals surface area contributed by atoms with E-state index in [0.29, 0.717) is 18.9 Å². The van der Waals surface area contributed by atoms with Crippen LogP contribution in [0.2, 0.25) is 0 Å². The third-order valence-electron chi connectivity index (χ3n) is 6.70. The first-order valence-corrected chi connectivity index (χ1v) is 11.6. The van der Waals surface area contributed by atoms with Gasteiger partial charge < -0.3 is 16.0 Å². The molecule has 3 heterocycles. The smallest absolute Gasteiger partial charge is 0.369 e. The second kappa shape index (κ2) is 10.3. The van der Waals surface area contributed by atoms with Gasteiger partial charge in [-0.2, -0.15) is 17.6 Å². The number of primary amides is 1. The summed E-state index contributed by atoms with van der Waals surface area (Å²) in [4.78, 5) is 21.5. The van der Waals surface area contributed by atoms with Gasteiger partial charge >= 0.3 is 6.18 Å². The number of piperidine rings is 1. The summed E-state index contributed by atoms with van der Waals surface area (Å²) in [5, 5.41) is 2.61. The SMILES string of the molecule is NC(=O)CN1CCC(CNc2ncnc(N3CCCC3c3ccc(C(F)(F)F)cc3F)c2F)C(F)(F)C1. The molecule has 7 nitrogen and oxygen atoms in total. The highest BCUT2D eigenvalue weighted by Crippen LogP contribution is 2.40. The van der Waals surface area contributed by atoms with Crippen LogP contribution in [0.4, 0.5) is 42.4 Å². The van der Waals surface area contributed by atoms with Crippen LogP contribution in [0.25, 0.3) is 0 Å². The van der Waals surface area contributed by atoms with Gasteiger partial charge in [-0.3, -0.25) is 9.69 Å². The van der Waals surface area contributed by atoms with Gasteiger partial charge in [-0.05, 0) is 37.9 Å². The molecule has 0 radical (unpaired) electrons. The third kappa shape index (κ3) is 5.89. The minimum absolute atomic E-state index is 0.0274. The molecule has 0 bridgehead atoms. The van der Waals surface area contributed by atoms with Crippen LogP contribution in [-0.2, 0) is 11.0 Å². The fourth-order valence-corrected chi connectivity index (χ4v) is 4.88. The van der Waals surface area contributed by atoms with Crippen LogP contribution in [0.3, 0.4) is 0 Å². The van der Waals surface area contributed by atoms with Gasteiger partial charge in [0.2, 0.25) is 11.7 Å². The molecule has 0 spiro atoms. The van der Waals surface area contributed by atoms with Crippen LogP contribution < -0.4 is 16.0 Å². The average Bonchev–Trinajstić information content (AvgIpc) is 3.27. The number of nitrogens with one attached hydrogen (secondary N) is 1. The molecule has 1 aromatic carbocycles. The summed E-state index contributed by atoms with van der Waals surface area (Å²) in [6, 6.07) is 1.45. The van der Waals surface area contributed by atoms with E-state index in [4.69, 9.17) is 5.73 Å². The zero-order chi connectivity index (χ0) is 27.0. The number of benzene rings is 1. The highest BCUT2D eigenvalue weighted by Gasteiger charge is 2.44. The van der Waals surface area contributed by atoms with Gasteiger partial charge in [-0.1, -0.05) is 6.07 Å². The number of hydrogen-bond acceptors (Lipinski definition) is 6. The molecule has 3 N–H and O–H groups in total. The van der Waals surface area contributed by atoms with Gasteiger partial charge in [0, 0.05) is 24.6 Å². The van der Waals surface area contributed by atoms with Gasteiger partial charge in [0.15, 0.2) is 11.6 Å². The van der Waals surface area contributed by atoms with Crippen molar-refractivity contribution in [2.75, 3.05) is 42.9 Å². The van der Waals surface area contributed by atoms with Crippen LogP contribution in [-0.4, -0.2) is 59.4 Å². The molecule has 1 amide bonds. The van der Waals surface area contributed by atoms with E-state index in [9.17, 15) is 31.1 Å². The first-order chi connectivity index (χ1) is 17.4. The number of nitrogens with two attached hydrogens (primary N) is 1. The largest absolute Gasteiger partial charge is 0.416 e. The lowest BCUT2D eigenvalue weighted by Crippen LogP contribution is -2.52. The number of aromatic nitrogens is 2. The van der Waals surface area contributed by atoms with E-state index in [0.717, 1.165) is 18.5 Å². The molecule has 2 aromatic rings. The Labute approximate surface area is 207 Å². The zero-order valence-electron chi connectivity index (χ0n) is 19.5. The van der Waals surface area contributed by atoms with E-state index < -0.39 is 53.7 Å². The Morgan fingerprint density at radius 3 is 2.57 bits per heavy atom. The fourth-order valence-electron chi connectivity index (χ4n) is 4.88. The standard InChI is InChI=1S/C23H25F7N6O/c24-16-8-13(23(28,29)30)3-4-15(16)17-2-1-6-36(17)21-19(25)20(33-12-34-21)32-9-14-5-7-35(10-18(31)37)11-22(14,26)27/h3-4,8,12,14,17H,1-2,5-7,9-11H2,(H2,31,37)(H,32,33,34). The number of carbonyl (C=O) groups is 1. The van der Waals surface area contributed by atoms with Crippen molar-refractivity contribution in [1.82, 2.24) is 14.9 Å². The maximum Gasteiger partial charge on any atom is 0.416 e. The lowest BCUT2D eigenvalue weighted by atomic mass is 9.92. The molecule has 14 heteroatoms. The first-order valence-electron chi connectivity index (χ1n) is 11.6. The molecule has 4 rings (SSSR count). The normalized spacial score (nSPS) is 22.3. The second-order valence-electron chi connectivity index (χ2n) is 9.25. The molecule has 2 saturated heterocycles. The van der Waals surface area contributed by atoms with Crippen LogP contribution in [0.1, 0.15) is 36.4 Å². The maximum absolute atomic E-state index is 15.4. The summed E-state index contributed by atoms with van der Waals surface area (Å²) in [6.07, 6.45) is -2.78. The second-order valence-corrected chi connectivity index (χ2v) is 9.25. The zero-order valence-corrected chi connectivity index (χ0v) is 19.5. The van der Waals surface area contributed by atoms with Gasteiger partial charge in [0.05, 0.1) is 24.7 Å². The van der Waals surface area contributed by atoms with Crippen molar-refractivity contribution < 1.29 is 35.5 Å². The summed E-state index contributed by atoms with van der Waals surface area (Å²) in [5.41, 5.74) is 3.92. The summed E-state index contributed by atoms with van der Waals surface area (Å²) < 4.78 is 98.0. The van der Waals surface area contributed by atoms with E-state index in [-0.39, 0.29) is 49.8 Å². The Morgan fingerprint density at radius 2 is 1.92 bits per heavy atom. The van der Waals surface area contributed by atoms with Crippen LogP contribution in [0, 0.1) is 17.6 Å². The maximum atomic E-state index is 15.4. The quantitative estimate of drug-likeness (QED) is 0.523. The molecule has 2 aliphatic heterocycles. The van der Waals surface area contributed by atoms with E-state index in [1.165, 1.54) is 9.80 Å². The van der Waals surface area contributed by atoms with Crippen molar-refractivity contribution in [3.63, 3.8) is 0 Å². The third-order valence-corrected chi connectivity index (χ3v) is 6.70. The lowest BCUT2D eigenvalue weighted by Gasteiger charge is -2.38. The lowest BCUT2D eigenvalue weighted by molar-refractivity contribution is -0.137. The number of amides is 1. The van der Waals surface area contributed by atoms with Gasteiger partial charge in [-0.15, -0.1) is 0 Å². The van der Waals surface area contributed by atoms with Crippen molar-refractivity contribution in [1.29, 1.82) is 0 Å². The van der Waals surface area contributed by atoms with Crippen molar-refractivity contribution in [3.05, 3.63) is 47.3 Å². The number of anilines is 2. The van der Waals surface area contributed by atoms with Crippen molar-refractivity contribution in [3.8, 4) is 0 Å². The molecule has 202 valence electrons. The molecular weight excluding hydrogens is 509 g/mol. The Hall–Kier alpha value is -3.16. The number of halogens is 7. The summed E-state index contributed by atoms with van der Waals surface area (Å²) in [7, 11) is 0. The molecule has 0 saturated carbocycles. The van der Waals surface area contributed by atoms with Crippen molar-refractivity contribution in [2.24, 2.45) is 11.7 Å². The molecule has 2 aliphatic rings. The Balaban J connectivity index is 1.49. The highest BCUT2D eigenvalue weighted by molar-refractivity contribution is 5.75. The molecule has 2 unspecified atom stereocenters. The number of nitrogens with zero attached hydrogens (tertiary/aromatic N) is 4. The summed E-state index contributed by atoms with van der Waals surface area (Å²) in [5.74, 6) is -7.55. The Kier molecular flexibility index (Phi) is 7.49. The predicted octanol–water partition coefficient (Wildman–Crippen LogP) is 3.97. The fraction of sp³-hybridized carbons (Fsp3) is 0.522. The Morgan fingerprint density at radius 1 is 1.16 bits per heavy atom. The molecule has 2 fully saturated rings. The van der Waals surface area contributed by atoms with E-state index in [1.807, 2.05) is 0 Å². The highest BCUT2D eigenvalue weighted by atomic mass is 19.4. The number of rotatable bonds is 7. The number of hydrogen-bond donors (Lipinski definition) is 2. The van der Waals surface area contributed by atoms with Gasteiger partial charge in [0.1, 0.15) is 12.1 Å². The molecule has 2 atom stereocenters.